The maximum atomic E-state index is 12.5. The van der Waals surface area contributed by atoms with E-state index in [1.165, 1.54) is 43.2 Å². The average molecular weight is 418 g/mol. The first-order chi connectivity index (χ1) is 15.2. The van der Waals surface area contributed by atoms with Gasteiger partial charge in [0.1, 0.15) is 5.76 Å². The predicted molar refractivity (Wildman–Crippen MR) is 121 cm³/mol. The van der Waals surface area contributed by atoms with Crippen molar-refractivity contribution < 1.29 is 9.21 Å². The van der Waals surface area contributed by atoms with E-state index in [1.807, 2.05) is 18.2 Å². The molecule has 1 amide bonds. The molecule has 1 N–H and O–H groups in total. The summed E-state index contributed by atoms with van der Waals surface area (Å²) in [5, 5.41) is 2.91. The van der Waals surface area contributed by atoms with Crippen LogP contribution >= 0.6 is 0 Å². The highest BCUT2D eigenvalue weighted by Crippen LogP contribution is 2.26. The summed E-state index contributed by atoms with van der Waals surface area (Å²) in [4.78, 5) is 19.1. The van der Waals surface area contributed by atoms with Crippen molar-refractivity contribution in [2.24, 2.45) is 0 Å². The van der Waals surface area contributed by atoms with Crippen molar-refractivity contribution in [3.05, 3.63) is 89.1 Å². The largest absolute Gasteiger partial charge is 0.455 e. The Kier molecular flexibility index (Phi) is 7.15. The van der Waals surface area contributed by atoms with E-state index in [4.69, 9.17) is 4.42 Å². The maximum absolute atomic E-state index is 12.5. The van der Waals surface area contributed by atoms with Crippen LogP contribution in [0.2, 0.25) is 0 Å². The fourth-order valence-corrected chi connectivity index (χ4v) is 4.36. The monoisotopic (exact) mass is 417 g/mol. The Morgan fingerprint density at radius 3 is 2.68 bits per heavy atom. The van der Waals surface area contributed by atoms with Crippen LogP contribution in [0.3, 0.4) is 0 Å². The maximum Gasteiger partial charge on any atom is 0.287 e. The third kappa shape index (κ3) is 6.05. The summed E-state index contributed by atoms with van der Waals surface area (Å²) in [5.74, 6) is 1.00. The van der Waals surface area contributed by atoms with Gasteiger partial charge in [0, 0.05) is 31.5 Å². The van der Waals surface area contributed by atoms with Gasteiger partial charge < -0.3 is 9.73 Å². The number of benzene rings is 1. The van der Waals surface area contributed by atoms with Crippen molar-refractivity contribution in [3.8, 4) is 0 Å². The van der Waals surface area contributed by atoms with Gasteiger partial charge in [-0.2, -0.15) is 0 Å². The summed E-state index contributed by atoms with van der Waals surface area (Å²) < 4.78 is 5.95. The van der Waals surface area contributed by atoms with E-state index in [9.17, 15) is 4.79 Å². The van der Waals surface area contributed by atoms with E-state index in [2.05, 4.69) is 46.4 Å². The number of aromatic nitrogens is 1. The molecule has 2 aromatic heterocycles. The number of hydrogen-bond donors (Lipinski definition) is 1. The molecular formula is C26H31N3O2. The molecule has 1 aliphatic carbocycles. The standard InChI is InChI=1S/C26H31N3O2/c1-20-7-5-8-21(15-20)18-29(23-10-3-2-4-11-23)19-24-12-13-25(31-24)26(30)28-17-22-9-6-14-27-16-22/h5-9,12-16,23H,2-4,10-11,17-19H2,1H3,(H,28,30). The molecule has 0 spiro atoms. The highest BCUT2D eigenvalue weighted by molar-refractivity contribution is 5.91. The summed E-state index contributed by atoms with van der Waals surface area (Å²) in [6, 6.07) is 16.8. The van der Waals surface area contributed by atoms with Crippen LogP contribution in [0, 0.1) is 6.92 Å². The molecular weight excluding hydrogens is 386 g/mol. The van der Waals surface area contributed by atoms with Crippen molar-refractivity contribution in [1.82, 2.24) is 15.2 Å². The normalized spacial score (nSPS) is 14.6. The summed E-state index contributed by atoms with van der Waals surface area (Å²) in [5.41, 5.74) is 3.57. The minimum atomic E-state index is -0.196. The summed E-state index contributed by atoms with van der Waals surface area (Å²) in [6.45, 7) is 4.19. The van der Waals surface area contributed by atoms with Gasteiger partial charge in [0.2, 0.25) is 0 Å². The number of aryl methyl sites for hydroxylation is 1. The van der Waals surface area contributed by atoms with Crippen LogP contribution in [0.15, 0.2) is 65.3 Å². The van der Waals surface area contributed by atoms with E-state index in [1.54, 1.807) is 18.5 Å². The minimum absolute atomic E-state index is 0.196. The SMILES string of the molecule is Cc1cccc(CN(Cc2ccc(C(=O)NCc3cccnc3)o2)C2CCCCC2)c1. The Morgan fingerprint density at radius 1 is 1.06 bits per heavy atom. The third-order valence-corrected chi connectivity index (χ3v) is 5.98. The molecule has 1 aromatic carbocycles. The van der Waals surface area contributed by atoms with Gasteiger partial charge in [-0.05, 0) is 49.1 Å². The Morgan fingerprint density at radius 2 is 1.90 bits per heavy atom. The summed E-state index contributed by atoms with van der Waals surface area (Å²) >= 11 is 0. The van der Waals surface area contributed by atoms with Gasteiger partial charge >= 0.3 is 0 Å². The van der Waals surface area contributed by atoms with E-state index < -0.39 is 0 Å². The van der Waals surface area contributed by atoms with Crippen molar-refractivity contribution in [3.63, 3.8) is 0 Å². The minimum Gasteiger partial charge on any atom is -0.455 e. The molecule has 162 valence electrons. The van der Waals surface area contributed by atoms with Crippen LogP contribution < -0.4 is 5.32 Å². The van der Waals surface area contributed by atoms with Gasteiger partial charge in [0.25, 0.3) is 5.91 Å². The van der Waals surface area contributed by atoms with Crippen LogP contribution in [0.5, 0.6) is 0 Å². The van der Waals surface area contributed by atoms with Crippen LogP contribution in [0.25, 0.3) is 0 Å². The molecule has 0 bridgehead atoms. The van der Waals surface area contributed by atoms with E-state index in [-0.39, 0.29) is 5.91 Å². The molecule has 0 aliphatic heterocycles. The zero-order valence-corrected chi connectivity index (χ0v) is 18.2. The lowest BCUT2D eigenvalue weighted by atomic mass is 9.93. The number of carbonyl (C=O) groups excluding carboxylic acids is 1. The zero-order chi connectivity index (χ0) is 21.5. The van der Waals surface area contributed by atoms with Gasteiger partial charge in [-0.15, -0.1) is 0 Å². The second kappa shape index (κ2) is 10.4. The summed E-state index contributed by atoms with van der Waals surface area (Å²) in [6.07, 6.45) is 9.83. The molecule has 0 unspecified atom stereocenters. The molecule has 31 heavy (non-hydrogen) atoms. The summed E-state index contributed by atoms with van der Waals surface area (Å²) in [7, 11) is 0. The number of furan rings is 1. The lowest BCUT2D eigenvalue weighted by Gasteiger charge is -2.34. The van der Waals surface area contributed by atoms with E-state index in [0.29, 0.717) is 24.9 Å². The fourth-order valence-electron chi connectivity index (χ4n) is 4.36. The molecule has 4 rings (SSSR count). The van der Waals surface area contributed by atoms with Gasteiger partial charge in [-0.25, -0.2) is 0 Å². The van der Waals surface area contributed by atoms with Crippen molar-refractivity contribution in [2.45, 2.75) is 64.7 Å². The predicted octanol–water partition coefficient (Wildman–Crippen LogP) is 5.25. The highest BCUT2D eigenvalue weighted by Gasteiger charge is 2.23. The number of carbonyl (C=O) groups is 1. The number of nitrogens with one attached hydrogen (secondary N) is 1. The zero-order valence-electron chi connectivity index (χ0n) is 18.2. The molecule has 1 saturated carbocycles. The van der Waals surface area contributed by atoms with E-state index >= 15 is 0 Å². The Hall–Kier alpha value is -2.92. The highest BCUT2D eigenvalue weighted by atomic mass is 16.4. The van der Waals surface area contributed by atoms with Crippen molar-refractivity contribution >= 4 is 5.91 Å². The number of pyridine rings is 1. The first-order valence-electron chi connectivity index (χ1n) is 11.2. The molecule has 5 heteroatoms. The Labute approximate surface area is 184 Å². The number of nitrogens with zero attached hydrogens (tertiary/aromatic N) is 2. The number of hydrogen-bond acceptors (Lipinski definition) is 4. The quantitative estimate of drug-likeness (QED) is 0.544. The van der Waals surface area contributed by atoms with Crippen LogP contribution in [0.4, 0.5) is 0 Å². The molecule has 0 atom stereocenters. The molecule has 3 aromatic rings. The van der Waals surface area contributed by atoms with Crippen molar-refractivity contribution in [1.29, 1.82) is 0 Å². The lowest BCUT2D eigenvalue weighted by Crippen LogP contribution is -2.35. The topological polar surface area (TPSA) is 58.4 Å². The third-order valence-electron chi connectivity index (χ3n) is 5.98. The molecule has 1 fully saturated rings. The van der Waals surface area contributed by atoms with Gasteiger partial charge in [-0.3, -0.25) is 14.7 Å². The molecule has 5 nitrogen and oxygen atoms in total. The second-order valence-corrected chi connectivity index (χ2v) is 8.50. The number of amides is 1. The lowest BCUT2D eigenvalue weighted by molar-refractivity contribution is 0.0913. The Balaban J connectivity index is 1.41. The van der Waals surface area contributed by atoms with Crippen LogP contribution in [-0.4, -0.2) is 21.8 Å². The fraction of sp³-hybridized carbons (Fsp3) is 0.385. The second-order valence-electron chi connectivity index (χ2n) is 8.50. The molecule has 0 saturated heterocycles. The van der Waals surface area contributed by atoms with Gasteiger partial charge in [-0.1, -0.05) is 55.2 Å². The first-order valence-corrected chi connectivity index (χ1v) is 11.2. The van der Waals surface area contributed by atoms with Crippen LogP contribution in [0.1, 0.15) is 65.1 Å². The van der Waals surface area contributed by atoms with Crippen LogP contribution in [-0.2, 0) is 19.6 Å². The van der Waals surface area contributed by atoms with E-state index in [0.717, 1.165) is 17.9 Å². The number of rotatable bonds is 8. The van der Waals surface area contributed by atoms with Gasteiger partial charge in [0.05, 0.1) is 6.54 Å². The smallest absolute Gasteiger partial charge is 0.287 e. The Bertz CT molecular complexity index is 977. The van der Waals surface area contributed by atoms with Crippen molar-refractivity contribution in [2.75, 3.05) is 0 Å². The average Bonchev–Trinajstić information content (AvgIpc) is 3.27. The first kappa shape index (κ1) is 21.3. The van der Waals surface area contributed by atoms with Gasteiger partial charge in [0.15, 0.2) is 5.76 Å². The molecule has 1 aliphatic rings. The molecule has 2 heterocycles. The molecule has 0 radical (unpaired) electrons.